The first-order valence-corrected chi connectivity index (χ1v) is 7.69. The molecule has 2 N–H and O–H groups in total. The van der Waals surface area contributed by atoms with Gasteiger partial charge in [-0.3, -0.25) is 4.79 Å². The molecule has 0 aromatic heterocycles. The molecule has 21 heavy (non-hydrogen) atoms. The van der Waals surface area contributed by atoms with E-state index in [2.05, 4.69) is 5.32 Å². The number of carbonyl (C=O) groups excluding carboxylic acids is 1. The standard InChI is InChI=1S/C17H27NO3/c1-4-14(5-2)17(20)18-12-16(21-11-10-19)15-8-6-13(3)7-9-15/h6-9,14,16,19H,4-5,10-12H2,1-3H3,(H,18,20). The molecular weight excluding hydrogens is 266 g/mol. The molecule has 0 bridgehead atoms. The summed E-state index contributed by atoms with van der Waals surface area (Å²) in [7, 11) is 0. The van der Waals surface area contributed by atoms with Gasteiger partial charge in [0.25, 0.3) is 0 Å². The first-order chi connectivity index (χ1) is 10.1. The SMILES string of the molecule is CCC(CC)C(=O)NCC(OCCO)c1ccc(C)cc1. The molecule has 0 aliphatic carbocycles. The van der Waals surface area contributed by atoms with E-state index in [1.54, 1.807) is 0 Å². The van der Waals surface area contributed by atoms with E-state index in [4.69, 9.17) is 9.84 Å². The van der Waals surface area contributed by atoms with Crippen molar-refractivity contribution in [2.75, 3.05) is 19.8 Å². The molecule has 1 aromatic rings. The smallest absolute Gasteiger partial charge is 0.223 e. The van der Waals surface area contributed by atoms with Crippen LogP contribution in [0.3, 0.4) is 0 Å². The third-order valence-electron chi connectivity index (χ3n) is 3.68. The van der Waals surface area contributed by atoms with Gasteiger partial charge in [0.1, 0.15) is 0 Å². The van der Waals surface area contributed by atoms with E-state index < -0.39 is 0 Å². The maximum atomic E-state index is 12.1. The Morgan fingerprint density at radius 2 is 1.86 bits per heavy atom. The summed E-state index contributed by atoms with van der Waals surface area (Å²) in [4.78, 5) is 12.1. The van der Waals surface area contributed by atoms with Crippen LogP contribution in [-0.4, -0.2) is 30.8 Å². The molecule has 0 fully saturated rings. The maximum Gasteiger partial charge on any atom is 0.223 e. The molecule has 0 heterocycles. The minimum absolute atomic E-state index is 0.0249. The Morgan fingerprint density at radius 1 is 1.24 bits per heavy atom. The summed E-state index contributed by atoms with van der Waals surface area (Å²) in [5, 5.41) is 11.9. The van der Waals surface area contributed by atoms with Gasteiger partial charge in [0.05, 0.1) is 19.3 Å². The molecule has 1 aromatic carbocycles. The maximum absolute atomic E-state index is 12.1. The lowest BCUT2D eigenvalue weighted by Crippen LogP contribution is -2.34. The number of nitrogens with one attached hydrogen (secondary N) is 1. The van der Waals surface area contributed by atoms with Crippen LogP contribution < -0.4 is 5.32 Å². The van der Waals surface area contributed by atoms with Crippen molar-refractivity contribution in [3.05, 3.63) is 35.4 Å². The number of aryl methyl sites for hydroxylation is 1. The molecule has 0 spiro atoms. The van der Waals surface area contributed by atoms with E-state index in [0.29, 0.717) is 6.54 Å². The van der Waals surface area contributed by atoms with Gasteiger partial charge in [-0.05, 0) is 25.3 Å². The summed E-state index contributed by atoms with van der Waals surface area (Å²) < 4.78 is 5.65. The topological polar surface area (TPSA) is 58.6 Å². The summed E-state index contributed by atoms with van der Waals surface area (Å²) >= 11 is 0. The molecule has 0 saturated carbocycles. The minimum atomic E-state index is -0.226. The van der Waals surface area contributed by atoms with Crippen molar-refractivity contribution < 1.29 is 14.6 Å². The van der Waals surface area contributed by atoms with Gasteiger partial charge in [-0.1, -0.05) is 43.7 Å². The molecule has 118 valence electrons. The van der Waals surface area contributed by atoms with E-state index in [1.165, 1.54) is 5.56 Å². The summed E-state index contributed by atoms with van der Waals surface area (Å²) in [6.45, 7) is 6.74. The van der Waals surface area contributed by atoms with Crippen LogP contribution in [0.1, 0.15) is 43.9 Å². The normalized spacial score (nSPS) is 12.4. The van der Waals surface area contributed by atoms with Crippen LogP contribution in [0.5, 0.6) is 0 Å². The van der Waals surface area contributed by atoms with Gasteiger partial charge in [-0.2, -0.15) is 0 Å². The second-order valence-corrected chi connectivity index (χ2v) is 5.25. The summed E-state index contributed by atoms with van der Waals surface area (Å²) in [6.07, 6.45) is 1.46. The van der Waals surface area contributed by atoms with Crippen LogP contribution in [0.25, 0.3) is 0 Å². The Hall–Kier alpha value is -1.39. The third kappa shape index (κ3) is 5.86. The van der Waals surface area contributed by atoms with Gasteiger partial charge in [0.15, 0.2) is 0 Å². The predicted octanol–water partition coefficient (Wildman–Crippen LogP) is 2.60. The Bertz CT molecular complexity index is 413. The predicted molar refractivity (Wildman–Crippen MR) is 84.0 cm³/mol. The Morgan fingerprint density at radius 3 is 2.38 bits per heavy atom. The van der Waals surface area contributed by atoms with Crippen LogP contribution in [0.2, 0.25) is 0 Å². The molecule has 0 aliphatic rings. The van der Waals surface area contributed by atoms with Crippen LogP contribution >= 0.6 is 0 Å². The van der Waals surface area contributed by atoms with E-state index in [9.17, 15) is 4.79 Å². The van der Waals surface area contributed by atoms with Crippen molar-refractivity contribution >= 4 is 5.91 Å². The van der Waals surface area contributed by atoms with Gasteiger partial charge >= 0.3 is 0 Å². The average Bonchev–Trinajstić information content (AvgIpc) is 2.50. The van der Waals surface area contributed by atoms with Gasteiger partial charge in [-0.25, -0.2) is 0 Å². The zero-order chi connectivity index (χ0) is 15.7. The molecule has 0 aliphatic heterocycles. The van der Waals surface area contributed by atoms with Crippen molar-refractivity contribution in [1.29, 1.82) is 0 Å². The fourth-order valence-corrected chi connectivity index (χ4v) is 2.25. The van der Waals surface area contributed by atoms with Gasteiger partial charge in [0, 0.05) is 12.5 Å². The van der Waals surface area contributed by atoms with Gasteiger partial charge in [-0.15, -0.1) is 0 Å². The van der Waals surface area contributed by atoms with Crippen LogP contribution in [0.4, 0.5) is 0 Å². The highest BCUT2D eigenvalue weighted by molar-refractivity contribution is 5.78. The molecule has 1 amide bonds. The Balaban J connectivity index is 2.66. The van der Waals surface area contributed by atoms with Crippen molar-refractivity contribution in [3.63, 3.8) is 0 Å². The summed E-state index contributed by atoms with van der Waals surface area (Å²) in [5.74, 6) is 0.131. The van der Waals surface area contributed by atoms with Crippen molar-refractivity contribution in [2.45, 2.75) is 39.7 Å². The van der Waals surface area contributed by atoms with E-state index in [0.717, 1.165) is 18.4 Å². The highest BCUT2D eigenvalue weighted by Gasteiger charge is 2.17. The highest BCUT2D eigenvalue weighted by atomic mass is 16.5. The zero-order valence-corrected chi connectivity index (χ0v) is 13.3. The number of aliphatic hydroxyl groups excluding tert-OH is 1. The highest BCUT2D eigenvalue weighted by Crippen LogP contribution is 2.18. The number of rotatable bonds is 9. The van der Waals surface area contributed by atoms with Crippen LogP contribution in [-0.2, 0) is 9.53 Å². The van der Waals surface area contributed by atoms with Gasteiger partial charge < -0.3 is 15.2 Å². The summed E-state index contributed by atoms with van der Waals surface area (Å²) in [5.41, 5.74) is 2.19. The molecule has 1 atom stereocenters. The molecule has 1 rings (SSSR count). The minimum Gasteiger partial charge on any atom is -0.394 e. The molecule has 1 unspecified atom stereocenters. The average molecular weight is 293 g/mol. The number of hydrogen-bond donors (Lipinski definition) is 2. The van der Waals surface area contributed by atoms with Crippen LogP contribution in [0.15, 0.2) is 24.3 Å². The van der Waals surface area contributed by atoms with Crippen molar-refractivity contribution in [2.24, 2.45) is 5.92 Å². The lowest BCUT2D eigenvalue weighted by molar-refractivity contribution is -0.125. The Labute approximate surface area is 127 Å². The largest absolute Gasteiger partial charge is 0.394 e. The zero-order valence-electron chi connectivity index (χ0n) is 13.3. The fraction of sp³-hybridized carbons (Fsp3) is 0.588. The third-order valence-corrected chi connectivity index (χ3v) is 3.68. The van der Waals surface area contributed by atoms with E-state index in [1.807, 2.05) is 45.0 Å². The quantitative estimate of drug-likeness (QED) is 0.736. The van der Waals surface area contributed by atoms with E-state index in [-0.39, 0.29) is 31.1 Å². The number of hydrogen-bond acceptors (Lipinski definition) is 3. The lowest BCUT2D eigenvalue weighted by atomic mass is 10.0. The summed E-state index contributed by atoms with van der Waals surface area (Å²) in [6, 6.07) is 8.04. The molecular formula is C17H27NO3. The first kappa shape index (κ1) is 17.7. The number of benzene rings is 1. The molecule has 0 saturated heterocycles. The monoisotopic (exact) mass is 293 g/mol. The second-order valence-electron chi connectivity index (χ2n) is 5.25. The van der Waals surface area contributed by atoms with Crippen LogP contribution in [0, 0.1) is 12.8 Å². The molecule has 0 radical (unpaired) electrons. The fourth-order valence-electron chi connectivity index (χ4n) is 2.25. The lowest BCUT2D eigenvalue weighted by Gasteiger charge is -2.20. The van der Waals surface area contributed by atoms with Crippen molar-refractivity contribution in [3.8, 4) is 0 Å². The number of amides is 1. The number of aliphatic hydroxyl groups is 1. The number of carbonyl (C=O) groups is 1. The number of ether oxygens (including phenoxy) is 1. The van der Waals surface area contributed by atoms with E-state index >= 15 is 0 Å². The van der Waals surface area contributed by atoms with Gasteiger partial charge in [0.2, 0.25) is 5.91 Å². The Kier molecular flexibility index (Phi) is 8.01. The second kappa shape index (κ2) is 9.53. The molecule has 4 nitrogen and oxygen atoms in total. The molecule has 4 heteroatoms. The first-order valence-electron chi connectivity index (χ1n) is 7.69. The van der Waals surface area contributed by atoms with Crippen molar-refractivity contribution in [1.82, 2.24) is 5.32 Å².